The van der Waals surface area contributed by atoms with E-state index in [0.717, 1.165) is 5.69 Å². The Hall–Kier alpha value is -3.22. The van der Waals surface area contributed by atoms with Crippen LogP contribution in [0.15, 0.2) is 48.7 Å². The average molecular weight is 356 g/mol. The Kier molecular flexibility index (Phi) is 6.84. The summed E-state index contributed by atoms with van der Waals surface area (Å²) in [5, 5.41) is 0. The Morgan fingerprint density at radius 3 is 2.38 bits per heavy atom. The predicted molar refractivity (Wildman–Crippen MR) is 94.7 cm³/mol. The highest BCUT2D eigenvalue weighted by molar-refractivity contribution is 6.00. The van der Waals surface area contributed by atoms with Crippen molar-refractivity contribution < 1.29 is 23.9 Å². The zero-order valence-electron chi connectivity index (χ0n) is 14.7. The summed E-state index contributed by atoms with van der Waals surface area (Å²) in [6.45, 7) is 2.93. The molecule has 0 aliphatic carbocycles. The molecular formula is C19H20N2O5. The van der Waals surface area contributed by atoms with Gasteiger partial charge in [-0.25, -0.2) is 4.79 Å². The topological polar surface area (TPSA) is 85.8 Å². The lowest BCUT2D eigenvalue weighted by atomic mass is 10.2. The normalized spacial score (nSPS) is 10.1. The maximum Gasteiger partial charge on any atom is 0.340 e. The average Bonchev–Trinajstić information content (AvgIpc) is 2.65. The highest BCUT2D eigenvalue weighted by Gasteiger charge is 2.21. The third-order valence-corrected chi connectivity index (χ3v) is 3.44. The summed E-state index contributed by atoms with van der Waals surface area (Å²) in [5.74, 6) is -1.73. The lowest BCUT2D eigenvalue weighted by Gasteiger charge is -2.21. The molecule has 1 aromatic heterocycles. The van der Waals surface area contributed by atoms with E-state index in [1.54, 1.807) is 56.3 Å². The third kappa shape index (κ3) is 5.41. The van der Waals surface area contributed by atoms with E-state index in [0.29, 0.717) is 5.69 Å². The molecule has 7 heteroatoms. The first kappa shape index (κ1) is 19.1. The molecule has 1 heterocycles. The molecule has 0 fully saturated rings. The van der Waals surface area contributed by atoms with Crippen molar-refractivity contribution in [1.82, 2.24) is 4.98 Å². The van der Waals surface area contributed by atoms with E-state index in [2.05, 4.69) is 4.98 Å². The molecule has 0 saturated carbocycles. The van der Waals surface area contributed by atoms with Crippen molar-refractivity contribution in [2.45, 2.75) is 13.8 Å². The first-order valence-electron chi connectivity index (χ1n) is 8.12. The van der Waals surface area contributed by atoms with Crippen LogP contribution < -0.4 is 4.90 Å². The number of aryl methyl sites for hydroxylation is 1. The summed E-state index contributed by atoms with van der Waals surface area (Å²) in [5.41, 5.74) is 1.53. The van der Waals surface area contributed by atoms with Crippen LogP contribution in [0, 0.1) is 6.92 Å². The Labute approximate surface area is 151 Å². The summed E-state index contributed by atoms with van der Waals surface area (Å²) >= 11 is 0. The maximum absolute atomic E-state index is 12.5. The molecule has 0 radical (unpaired) electrons. The van der Waals surface area contributed by atoms with E-state index in [4.69, 9.17) is 9.47 Å². The van der Waals surface area contributed by atoms with E-state index >= 15 is 0 Å². The number of anilines is 1. The number of benzene rings is 1. The minimum Gasteiger partial charge on any atom is -0.465 e. The molecule has 1 aromatic carbocycles. The Morgan fingerprint density at radius 1 is 1.04 bits per heavy atom. The van der Waals surface area contributed by atoms with Gasteiger partial charge in [-0.15, -0.1) is 0 Å². The van der Waals surface area contributed by atoms with E-state index in [1.165, 1.54) is 11.1 Å². The summed E-state index contributed by atoms with van der Waals surface area (Å²) < 4.78 is 9.95. The van der Waals surface area contributed by atoms with Crippen molar-refractivity contribution in [3.63, 3.8) is 0 Å². The lowest BCUT2D eigenvalue weighted by molar-refractivity contribution is -0.142. The number of para-hydroxylation sites is 1. The molecule has 0 unspecified atom stereocenters. The van der Waals surface area contributed by atoms with Gasteiger partial charge in [-0.3, -0.25) is 19.5 Å². The van der Waals surface area contributed by atoms with Gasteiger partial charge in [-0.1, -0.05) is 18.2 Å². The number of esters is 2. The van der Waals surface area contributed by atoms with Crippen LogP contribution in [0.25, 0.3) is 0 Å². The van der Waals surface area contributed by atoms with E-state index in [9.17, 15) is 14.4 Å². The van der Waals surface area contributed by atoms with Crippen molar-refractivity contribution in [2.24, 2.45) is 0 Å². The van der Waals surface area contributed by atoms with Crippen molar-refractivity contribution in [3.05, 3.63) is 59.9 Å². The zero-order chi connectivity index (χ0) is 18.9. The molecule has 26 heavy (non-hydrogen) atoms. The minimum atomic E-state index is -0.657. The number of nitrogens with zero attached hydrogens (tertiary/aromatic N) is 2. The van der Waals surface area contributed by atoms with Gasteiger partial charge in [0.1, 0.15) is 6.54 Å². The molecular weight excluding hydrogens is 336 g/mol. The largest absolute Gasteiger partial charge is 0.465 e. The quantitative estimate of drug-likeness (QED) is 0.707. The van der Waals surface area contributed by atoms with Crippen LogP contribution in [0.5, 0.6) is 0 Å². The predicted octanol–water partition coefficient (Wildman–Crippen LogP) is 2.14. The fourth-order valence-corrected chi connectivity index (χ4v) is 2.14. The van der Waals surface area contributed by atoms with E-state index < -0.39 is 24.5 Å². The Bertz CT molecular complexity index is 759. The molecule has 136 valence electrons. The minimum absolute atomic E-state index is 0.213. The van der Waals surface area contributed by atoms with Gasteiger partial charge in [0.2, 0.25) is 0 Å². The number of aromatic nitrogens is 1. The lowest BCUT2D eigenvalue weighted by Crippen LogP contribution is -2.39. The van der Waals surface area contributed by atoms with Gasteiger partial charge in [0.25, 0.3) is 5.91 Å². The van der Waals surface area contributed by atoms with Gasteiger partial charge in [0.15, 0.2) is 6.61 Å². The summed E-state index contributed by atoms with van der Waals surface area (Å²) in [6.07, 6.45) is 1.38. The van der Waals surface area contributed by atoms with Crippen LogP contribution in [0.2, 0.25) is 0 Å². The van der Waals surface area contributed by atoms with Crippen molar-refractivity contribution in [2.75, 3.05) is 24.7 Å². The number of hydrogen-bond acceptors (Lipinski definition) is 6. The number of rotatable bonds is 7. The number of pyridine rings is 1. The number of amides is 1. The van der Waals surface area contributed by atoms with Gasteiger partial charge >= 0.3 is 11.9 Å². The van der Waals surface area contributed by atoms with E-state index in [-0.39, 0.29) is 18.7 Å². The third-order valence-electron chi connectivity index (χ3n) is 3.44. The number of carbonyl (C=O) groups excluding carboxylic acids is 3. The fourth-order valence-electron chi connectivity index (χ4n) is 2.14. The van der Waals surface area contributed by atoms with Gasteiger partial charge in [-0.2, -0.15) is 0 Å². The second-order valence-corrected chi connectivity index (χ2v) is 5.38. The highest BCUT2D eigenvalue weighted by atomic mass is 16.5. The molecule has 2 aromatic rings. The first-order valence-corrected chi connectivity index (χ1v) is 8.12. The number of hydrogen-bond donors (Lipinski definition) is 0. The first-order chi connectivity index (χ1) is 12.5. The highest BCUT2D eigenvalue weighted by Crippen LogP contribution is 2.14. The molecule has 2 rings (SSSR count). The monoisotopic (exact) mass is 356 g/mol. The van der Waals surface area contributed by atoms with Crippen molar-refractivity contribution in [3.8, 4) is 0 Å². The molecule has 0 bridgehead atoms. The molecule has 0 aliphatic heterocycles. The SMILES string of the molecule is CCOC(=O)CN(C(=O)COC(=O)c1ccc(C)nc1)c1ccccc1. The summed E-state index contributed by atoms with van der Waals surface area (Å²) in [7, 11) is 0. The van der Waals surface area contributed by atoms with Crippen LogP contribution in [0.1, 0.15) is 23.0 Å². The van der Waals surface area contributed by atoms with Gasteiger partial charge in [0.05, 0.1) is 12.2 Å². The molecule has 1 amide bonds. The van der Waals surface area contributed by atoms with Gasteiger partial charge in [-0.05, 0) is 38.1 Å². The molecule has 7 nitrogen and oxygen atoms in total. The second-order valence-electron chi connectivity index (χ2n) is 5.38. The van der Waals surface area contributed by atoms with Crippen LogP contribution >= 0.6 is 0 Å². The van der Waals surface area contributed by atoms with Gasteiger partial charge in [0, 0.05) is 17.6 Å². The smallest absolute Gasteiger partial charge is 0.340 e. The van der Waals surface area contributed by atoms with Gasteiger partial charge < -0.3 is 9.47 Å². The molecule has 0 spiro atoms. The molecule has 0 aliphatic rings. The standard InChI is InChI=1S/C19H20N2O5/c1-3-25-18(23)12-21(16-7-5-4-6-8-16)17(22)13-26-19(24)15-10-9-14(2)20-11-15/h4-11H,3,12-13H2,1-2H3. The van der Waals surface area contributed by atoms with Crippen molar-refractivity contribution in [1.29, 1.82) is 0 Å². The van der Waals surface area contributed by atoms with Crippen LogP contribution in [-0.2, 0) is 19.1 Å². The number of ether oxygens (including phenoxy) is 2. The maximum atomic E-state index is 12.5. The fraction of sp³-hybridized carbons (Fsp3) is 0.263. The molecule has 0 N–H and O–H groups in total. The summed E-state index contributed by atoms with van der Waals surface area (Å²) in [6, 6.07) is 11.9. The molecule has 0 saturated heterocycles. The zero-order valence-corrected chi connectivity index (χ0v) is 14.7. The number of carbonyl (C=O) groups is 3. The van der Waals surface area contributed by atoms with Crippen molar-refractivity contribution >= 4 is 23.5 Å². The van der Waals surface area contributed by atoms with Crippen LogP contribution in [-0.4, -0.2) is 42.6 Å². The summed E-state index contributed by atoms with van der Waals surface area (Å²) in [4.78, 5) is 41.5. The molecule has 0 atom stereocenters. The Balaban J connectivity index is 2.04. The van der Waals surface area contributed by atoms with Crippen LogP contribution in [0.3, 0.4) is 0 Å². The second kappa shape index (κ2) is 9.31. The Morgan fingerprint density at radius 2 is 1.77 bits per heavy atom. The van der Waals surface area contributed by atoms with E-state index in [1.807, 2.05) is 0 Å². The van der Waals surface area contributed by atoms with Crippen LogP contribution in [0.4, 0.5) is 5.69 Å².